The molecular weight excluding hydrogens is 226 g/mol. The third-order valence-corrected chi connectivity index (χ3v) is 2.94. The lowest BCUT2D eigenvalue weighted by Crippen LogP contribution is -1.94. The Labute approximate surface area is 98.4 Å². The fourth-order valence-corrected chi connectivity index (χ4v) is 2.18. The number of carbonyl (C=O) groups is 1. The molecule has 0 saturated heterocycles. The molecule has 2 aromatic rings. The molecule has 0 saturated carbocycles. The minimum absolute atomic E-state index is 0.00400. The first-order valence-corrected chi connectivity index (χ1v) is 5.29. The summed E-state index contributed by atoms with van der Waals surface area (Å²) in [5.41, 5.74) is 2.21. The number of hydrogen-bond acceptors (Lipinski definition) is 2. The molecule has 0 aliphatic carbocycles. The second-order valence-electron chi connectivity index (χ2n) is 3.68. The van der Waals surface area contributed by atoms with Gasteiger partial charge in [0.15, 0.2) is 5.78 Å². The Balaban J connectivity index is 2.95. The highest BCUT2D eigenvalue weighted by Gasteiger charge is 2.18. The van der Waals surface area contributed by atoms with Gasteiger partial charge >= 0.3 is 0 Å². The number of aryl methyl sites for hydroxylation is 1. The highest BCUT2D eigenvalue weighted by Crippen LogP contribution is 2.35. The number of ether oxygens (including phenoxy) is 1. The quantitative estimate of drug-likeness (QED) is 0.814. The smallest absolute Gasteiger partial charge is 0.162 e. The fourth-order valence-electron chi connectivity index (χ4n) is 1.98. The number of rotatable bonds is 2. The van der Waals surface area contributed by atoms with Crippen LogP contribution in [0.5, 0.6) is 5.75 Å². The van der Waals surface area contributed by atoms with Crippen LogP contribution in [0, 0.1) is 6.92 Å². The molecule has 1 aromatic carbocycles. The number of H-pyrrole nitrogens is 1. The van der Waals surface area contributed by atoms with Crippen molar-refractivity contribution >= 4 is 28.3 Å². The third-order valence-electron chi connectivity index (χ3n) is 2.63. The van der Waals surface area contributed by atoms with E-state index in [1.807, 2.05) is 6.92 Å². The molecule has 3 nitrogen and oxygen atoms in total. The number of hydrogen-bond donors (Lipinski definition) is 1. The van der Waals surface area contributed by atoms with Gasteiger partial charge in [0.2, 0.25) is 0 Å². The lowest BCUT2D eigenvalue weighted by Gasteiger charge is -2.04. The molecule has 0 amide bonds. The van der Waals surface area contributed by atoms with Crippen molar-refractivity contribution in [3.8, 4) is 5.75 Å². The van der Waals surface area contributed by atoms with Crippen LogP contribution in [0.4, 0.5) is 0 Å². The summed E-state index contributed by atoms with van der Waals surface area (Å²) in [5.74, 6) is 0.665. The maximum absolute atomic E-state index is 11.6. The number of methoxy groups -OCH3 is 1. The van der Waals surface area contributed by atoms with Crippen LogP contribution in [0.3, 0.4) is 0 Å². The molecule has 16 heavy (non-hydrogen) atoms. The minimum atomic E-state index is 0.00400. The van der Waals surface area contributed by atoms with Crippen LogP contribution in [0.1, 0.15) is 23.0 Å². The third kappa shape index (κ3) is 1.48. The molecule has 0 unspecified atom stereocenters. The number of Topliss-reactive ketones (excluding diaryl/α,β-unsaturated/α-hetero) is 1. The largest absolute Gasteiger partial charge is 0.496 e. The van der Waals surface area contributed by atoms with Crippen LogP contribution in [0.25, 0.3) is 10.9 Å². The van der Waals surface area contributed by atoms with E-state index in [0.29, 0.717) is 16.3 Å². The summed E-state index contributed by atoms with van der Waals surface area (Å²) in [6.45, 7) is 3.39. The molecule has 0 bridgehead atoms. The second kappa shape index (κ2) is 3.83. The number of benzene rings is 1. The molecule has 4 heteroatoms. The van der Waals surface area contributed by atoms with Gasteiger partial charge in [0.1, 0.15) is 5.75 Å². The molecule has 0 aliphatic rings. The zero-order valence-corrected chi connectivity index (χ0v) is 10.1. The summed E-state index contributed by atoms with van der Waals surface area (Å²) < 4.78 is 5.26. The van der Waals surface area contributed by atoms with E-state index in [0.717, 1.165) is 16.6 Å². The Morgan fingerprint density at radius 2 is 2.12 bits per heavy atom. The highest BCUT2D eigenvalue weighted by molar-refractivity contribution is 6.36. The van der Waals surface area contributed by atoms with Crippen LogP contribution in [-0.4, -0.2) is 17.9 Å². The summed E-state index contributed by atoms with van der Waals surface area (Å²) in [7, 11) is 1.58. The summed E-state index contributed by atoms with van der Waals surface area (Å²) in [6, 6.07) is 3.52. The van der Waals surface area contributed by atoms with E-state index < -0.39 is 0 Å². The van der Waals surface area contributed by atoms with Gasteiger partial charge in [-0.25, -0.2) is 0 Å². The van der Waals surface area contributed by atoms with E-state index in [1.165, 1.54) is 6.92 Å². The molecule has 0 aliphatic heterocycles. The Kier molecular flexibility index (Phi) is 2.64. The van der Waals surface area contributed by atoms with Gasteiger partial charge in [-0.1, -0.05) is 11.6 Å². The second-order valence-corrected chi connectivity index (χ2v) is 4.09. The first-order chi connectivity index (χ1) is 7.56. The molecular formula is C12H12ClNO2. The Bertz CT molecular complexity index is 572. The van der Waals surface area contributed by atoms with E-state index in [4.69, 9.17) is 16.3 Å². The van der Waals surface area contributed by atoms with Gasteiger partial charge in [-0.3, -0.25) is 4.79 Å². The summed E-state index contributed by atoms with van der Waals surface area (Å²) in [5, 5.41) is 1.35. The van der Waals surface area contributed by atoms with E-state index in [2.05, 4.69) is 4.98 Å². The van der Waals surface area contributed by atoms with Crippen molar-refractivity contribution in [2.45, 2.75) is 13.8 Å². The summed E-state index contributed by atoms with van der Waals surface area (Å²) in [6.07, 6.45) is 0. The van der Waals surface area contributed by atoms with E-state index in [-0.39, 0.29) is 5.78 Å². The molecule has 2 rings (SSSR count). The molecule has 1 N–H and O–H groups in total. The standard InChI is InChI=1S/C12H12ClNO2/c1-6-10(7(2)15)11-9(16-3)5-4-8(13)12(11)14-6/h4-5,14H,1-3H3. The van der Waals surface area contributed by atoms with Crippen molar-refractivity contribution in [2.24, 2.45) is 0 Å². The molecule has 1 aromatic heterocycles. The topological polar surface area (TPSA) is 42.1 Å². The SMILES string of the molecule is COc1ccc(Cl)c2[nH]c(C)c(C(C)=O)c12. The van der Waals surface area contributed by atoms with Gasteiger partial charge in [-0.2, -0.15) is 0 Å². The van der Waals surface area contributed by atoms with Gasteiger partial charge in [0.05, 0.1) is 23.0 Å². The zero-order chi connectivity index (χ0) is 11.9. The number of aromatic nitrogens is 1. The van der Waals surface area contributed by atoms with Crippen LogP contribution < -0.4 is 4.74 Å². The van der Waals surface area contributed by atoms with Crippen molar-refractivity contribution in [3.63, 3.8) is 0 Å². The summed E-state index contributed by atoms with van der Waals surface area (Å²) >= 11 is 6.08. The lowest BCUT2D eigenvalue weighted by molar-refractivity contribution is 0.101. The van der Waals surface area contributed by atoms with E-state index in [9.17, 15) is 4.79 Å². The van der Waals surface area contributed by atoms with Gasteiger partial charge in [0, 0.05) is 11.3 Å². The first-order valence-electron chi connectivity index (χ1n) is 4.92. The number of nitrogens with one attached hydrogen (secondary N) is 1. The van der Waals surface area contributed by atoms with Gasteiger partial charge < -0.3 is 9.72 Å². The van der Waals surface area contributed by atoms with Crippen molar-refractivity contribution in [1.82, 2.24) is 4.98 Å². The maximum Gasteiger partial charge on any atom is 0.162 e. The Hall–Kier alpha value is -1.48. The molecule has 0 atom stereocenters. The highest BCUT2D eigenvalue weighted by atomic mass is 35.5. The van der Waals surface area contributed by atoms with E-state index >= 15 is 0 Å². The Morgan fingerprint density at radius 1 is 1.44 bits per heavy atom. The number of aromatic amines is 1. The molecule has 0 fully saturated rings. The zero-order valence-electron chi connectivity index (χ0n) is 9.35. The van der Waals surface area contributed by atoms with Crippen molar-refractivity contribution in [2.75, 3.05) is 7.11 Å². The van der Waals surface area contributed by atoms with Crippen LogP contribution >= 0.6 is 11.6 Å². The number of fused-ring (bicyclic) bond motifs is 1. The predicted molar refractivity (Wildman–Crippen MR) is 64.6 cm³/mol. The molecule has 0 spiro atoms. The van der Waals surface area contributed by atoms with Gasteiger partial charge in [0.25, 0.3) is 0 Å². The lowest BCUT2D eigenvalue weighted by atomic mass is 10.1. The van der Waals surface area contributed by atoms with Crippen molar-refractivity contribution < 1.29 is 9.53 Å². The van der Waals surface area contributed by atoms with Crippen LogP contribution in [0.2, 0.25) is 5.02 Å². The maximum atomic E-state index is 11.6. The van der Waals surface area contributed by atoms with Crippen LogP contribution in [-0.2, 0) is 0 Å². The molecule has 84 valence electrons. The first kappa shape index (κ1) is 11.0. The van der Waals surface area contributed by atoms with Crippen molar-refractivity contribution in [3.05, 3.63) is 28.4 Å². The Morgan fingerprint density at radius 3 is 2.69 bits per heavy atom. The number of halogens is 1. The van der Waals surface area contributed by atoms with Crippen molar-refractivity contribution in [1.29, 1.82) is 0 Å². The summed E-state index contributed by atoms with van der Waals surface area (Å²) in [4.78, 5) is 14.7. The fraction of sp³-hybridized carbons (Fsp3) is 0.250. The monoisotopic (exact) mass is 237 g/mol. The van der Waals surface area contributed by atoms with Crippen LogP contribution in [0.15, 0.2) is 12.1 Å². The average Bonchev–Trinajstić information content (AvgIpc) is 2.57. The van der Waals surface area contributed by atoms with E-state index in [1.54, 1.807) is 19.2 Å². The average molecular weight is 238 g/mol. The number of ketones is 1. The van der Waals surface area contributed by atoms with Gasteiger partial charge in [-0.15, -0.1) is 0 Å². The predicted octanol–water partition coefficient (Wildman–Crippen LogP) is 3.34. The molecule has 1 heterocycles. The minimum Gasteiger partial charge on any atom is -0.496 e. The normalized spacial score (nSPS) is 10.8. The number of carbonyl (C=O) groups excluding carboxylic acids is 1. The van der Waals surface area contributed by atoms with Gasteiger partial charge in [-0.05, 0) is 26.0 Å². The molecule has 0 radical (unpaired) electrons.